The first-order valence-corrected chi connectivity index (χ1v) is 9.67. The third kappa shape index (κ3) is 3.97. The van der Waals surface area contributed by atoms with Gasteiger partial charge in [0.15, 0.2) is 0 Å². The Bertz CT molecular complexity index is 877. The van der Waals surface area contributed by atoms with Crippen LogP contribution in [0.2, 0.25) is 5.02 Å². The molecule has 3 aromatic heterocycles. The lowest BCUT2D eigenvalue weighted by Gasteiger charge is -2.20. The molecule has 0 aliphatic carbocycles. The van der Waals surface area contributed by atoms with Crippen LogP contribution in [-0.4, -0.2) is 20.7 Å². The monoisotopic (exact) mass is 388 g/mol. The minimum Gasteiger partial charge on any atom is -0.344 e. The number of carbonyl (C=O) groups excluding carboxylic acids is 1. The summed E-state index contributed by atoms with van der Waals surface area (Å²) in [6.45, 7) is 5.76. The summed E-state index contributed by atoms with van der Waals surface area (Å²) in [6.07, 6.45) is 3.80. The van der Waals surface area contributed by atoms with Crippen molar-refractivity contribution in [3.63, 3.8) is 0 Å². The summed E-state index contributed by atoms with van der Waals surface area (Å²) >= 11 is 7.84. The van der Waals surface area contributed by atoms with E-state index >= 15 is 0 Å². The maximum absolute atomic E-state index is 12.7. The fourth-order valence-electron chi connectivity index (χ4n) is 2.98. The van der Waals surface area contributed by atoms with Crippen molar-refractivity contribution in [3.8, 4) is 0 Å². The Kier molecular flexibility index (Phi) is 5.74. The van der Waals surface area contributed by atoms with Gasteiger partial charge >= 0.3 is 0 Å². The number of pyridine rings is 1. The van der Waals surface area contributed by atoms with Crippen LogP contribution < -0.4 is 5.32 Å². The summed E-state index contributed by atoms with van der Waals surface area (Å²) in [5.41, 5.74) is 2.68. The van der Waals surface area contributed by atoms with Crippen LogP contribution in [0, 0.1) is 13.8 Å². The van der Waals surface area contributed by atoms with E-state index in [1.165, 1.54) is 0 Å². The normalized spacial score (nSPS) is 13.4. The van der Waals surface area contributed by atoms with Gasteiger partial charge in [-0.2, -0.15) is 5.10 Å². The van der Waals surface area contributed by atoms with E-state index in [0.29, 0.717) is 11.4 Å². The van der Waals surface area contributed by atoms with Gasteiger partial charge in [-0.1, -0.05) is 17.7 Å². The molecule has 26 heavy (non-hydrogen) atoms. The molecule has 7 heteroatoms. The van der Waals surface area contributed by atoms with Crippen molar-refractivity contribution in [1.82, 2.24) is 20.1 Å². The Labute approximate surface area is 162 Å². The second-order valence-electron chi connectivity index (χ2n) is 6.28. The number of hydrogen-bond donors (Lipinski definition) is 1. The zero-order valence-electron chi connectivity index (χ0n) is 14.9. The molecule has 0 aromatic carbocycles. The van der Waals surface area contributed by atoms with E-state index in [9.17, 15) is 4.79 Å². The third-order valence-corrected chi connectivity index (χ3v) is 5.79. The zero-order valence-corrected chi connectivity index (χ0v) is 16.5. The largest absolute Gasteiger partial charge is 0.344 e. The molecule has 0 aliphatic rings. The van der Waals surface area contributed by atoms with Crippen molar-refractivity contribution in [2.24, 2.45) is 0 Å². The molecule has 0 unspecified atom stereocenters. The number of thiophene rings is 1. The first-order valence-electron chi connectivity index (χ1n) is 8.41. The fraction of sp³-hybridized carbons (Fsp3) is 0.316. The lowest BCUT2D eigenvalue weighted by molar-refractivity contribution is -0.122. The number of nitrogens with zero attached hydrogens (tertiary/aromatic N) is 3. The zero-order chi connectivity index (χ0) is 18.7. The van der Waals surface area contributed by atoms with Gasteiger partial charge in [-0.15, -0.1) is 11.3 Å². The minimum atomic E-state index is -0.179. The number of aryl methyl sites for hydroxylation is 1. The van der Waals surface area contributed by atoms with E-state index in [4.69, 9.17) is 11.6 Å². The summed E-state index contributed by atoms with van der Waals surface area (Å²) in [5.74, 6) is -0.0311. The topological polar surface area (TPSA) is 59.8 Å². The van der Waals surface area contributed by atoms with Crippen LogP contribution in [0.4, 0.5) is 0 Å². The van der Waals surface area contributed by atoms with Crippen molar-refractivity contribution in [2.45, 2.75) is 39.3 Å². The van der Waals surface area contributed by atoms with E-state index in [-0.39, 0.29) is 18.0 Å². The van der Waals surface area contributed by atoms with Gasteiger partial charge in [-0.05, 0) is 49.9 Å². The first kappa shape index (κ1) is 18.6. The van der Waals surface area contributed by atoms with Crippen LogP contribution in [0.5, 0.6) is 0 Å². The molecule has 0 radical (unpaired) electrons. The molecular formula is C19H21ClN4OS. The molecule has 1 N–H and O–H groups in total. The second kappa shape index (κ2) is 8.01. The number of rotatable bonds is 6. The lowest BCUT2D eigenvalue weighted by Crippen LogP contribution is -2.30. The molecule has 0 bridgehead atoms. The number of amides is 1. The van der Waals surface area contributed by atoms with Crippen LogP contribution in [-0.2, 0) is 4.79 Å². The van der Waals surface area contributed by atoms with Crippen molar-refractivity contribution in [2.75, 3.05) is 0 Å². The van der Waals surface area contributed by atoms with Gasteiger partial charge in [0, 0.05) is 23.7 Å². The highest BCUT2D eigenvalue weighted by Crippen LogP contribution is 2.27. The molecule has 0 aliphatic heterocycles. The number of aromatic nitrogens is 3. The molecule has 5 nitrogen and oxygen atoms in total. The average Bonchev–Trinajstić information content (AvgIpc) is 3.25. The number of hydrogen-bond acceptors (Lipinski definition) is 4. The van der Waals surface area contributed by atoms with Crippen LogP contribution >= 0.6 is 22.9 Å². The Balaban J connectivity index is 1.75. The van der Waals surface area contributed by atoms with Gasteiger partial charge in [0.05, 0.1) is 28.5 Å². The summed E-state index contributed by atoms with van der Waals surface area (Å²) in [5, 5.41) is 10.3. The highest BCUT2D eigenvalue weighted by Gasteiger charge is 2.21. The van der Waals surface area contributed by atoms with Gasteiger partial charge in [0.2, 0.25) is 5.91 Å². The molecular weight excluding hydrogens is 368 g/mol. The van der Waals surface area contributed by atoms with E-state index < -0.39 is 0 Å². The third-order valence-electron chi connectivity index (χ3n) is 4.31. The molecule has 0 spiro atoms. The SMILES string of the molecule is Cc1nn([C@@H](C)CC(=O)N[C@@H](c2ccncc2)c2cccs2)c(C)c1Cl. The van der Waals surface area contributed by atoms with E-state index in [2.05, 4.69) is 15.4 Å². The Morgan fingerprint density at radius 3 is 2.62 bits per heavy atom. The van der Waals surface area contributed by atoms with Gasteiger partial charge in [0.1, 0.15) is 0 Å². The van der Waals surface area contributed by atoms with Gasteiger partial charge in [-0.25, -0.2) is 0 Å². The van der Waals surface area contributed by atoms with Crippen molar-refractivity contribution >= 4 is 28.8 Å². The Morgan fingerprint density at radius 1 is 1.31 bits per heavy atom. The predicted molar refractivity (Wildman–Crippen MR) is 105 cm³/mol. The van der Waals surface area contributed by atoms with Gasteiger partial charge < -0.3 is 5.32 Å². The van der Waals surface area contributed by atoms with Crippen LogP contribution in [0.25, 0.3) is 0 Å². The van der Waals surface area contributed by atoms with Crippen LogP contribution in [0.1, 0.15) is 47.3 Å². The van der Waals surface area contributed by atoms with E-state index in [1.807, 2.05) is 55.1 Å². The van der Waals surface area contributed by atoms with Crippen LogP contribution in [0.3, 0.4) is 0 Å². The van der Waals surface area contributed by atoms with Gasteiger partial charge in [0.25, 0.3) is 0 Å². The Hall–Kier alpha value is -2.18. The van der Waals surface area contributed by atoms with Gasteiger partial charge in [-0.3, -0.25) is 14.5 Å². The van der Waals surface area contributed by atoms with E-state index in [1.54, 1.807) is 23.7 Å². The maximum atomic E-state index is 12.7. The summed E-state index contributed by atoms with van der Waals surface area (Å²) in [4.78, 5) is 17.9. The standard InChI is InChI=1S/C19H21ClN4OS/c1-12(24-14(3)18(20)13(2)23-24)11-17(25)22-19(16-5-4-10-26-16)15-6-8-21-9-7-15/h4-10,12,19H,11H2,1-3H3,(H,22,25)/t12-,19-/m0/s1. The van der Waals surface area contributed by atoms with E-state index in [0.717, 1.165) is 21.8 Å². The number of nitrogens with one attached hydrogen (secondary N) is 1. The van der Waals surface area contributed by atoms with Crippen LogP contribution in [0.15, 0.2) is 42.0 Å². The lowest BCUT2D eigenvalue weighted by atomic mass is 10.1. The second-order valence-corrected chi connectivity index (χ2v) is 7.64. The highest BCUT2D eigenvalue weighted by atomic mass is 35.5. The summed E-state index contributed by atoms with van der Waals surface area (Å²) < 4.78 is 1.82. The molecule has 3 rings (SSSR count). The van der Waals surface area contributed by atoms with Crippen molar-refractivity contribution in [1.29, 1.82) is 0 Å². The molecule has 3 aromatic rings. The molecule has 1 amide bonds. The fourth-order valence-corrected chi connectivity index (χ4v) is 3.90. The quantitative estimate of drug-likeness (QED) is 0.677. The Morgan fingerprint density at radius 2 is 2.04 bits per heavy atom. The maximum Gasteiger partial charge on any atom is 0.222 e. The number of halogens is 1. The molecule has 136 valence electrons. The molecule has 0 fully saturated rings. The minimum absolute atomic E-state index is 0.0311. The van der Waals surface area contributed by atoms with Crippen molar-refractivity contribution < 1.29 is 4.79 Å². The molecule has 2 atom stereocenters. The predicted octanol–water partition coefficient (Wildman–Crippen LogP) is 4.47. The first-order chi connectivity index (χ1) is 12.5. The van der Waals surface area contributed by atoms with Crippen molar-refractivity contribution in [3.05, 3.63) is 68.9 Å². The molecule has 3 heterocycles. The molecule has 0 saturated carbocycles. The summed E-state index contributed by atoms with van der Waals surface area (Å²) in [6, 6.07) is 7.61. The smallest absolute Gasteiger partial charge is 0.222 e. The highest BCUT2D eigenvalue weighted by molar-refractivity contribution is 7.10. The average molecular weight is 389 g/mol. The summed E-state index contributed by atoms with van der Waals surface area (Å²) in [7, 11) is 0. The number of carbonyl (C=O) groups is 1. The molecule has 0 saturated heterocycles.